The number of hydrogen-bond donors (Lipinski definition) is 1. The molecule has 0 heterocycles. The highest BCUT2D eigenvalue weighted by molar-refractivity contribution is 9.10. The molecule has 1 rings (SSSR count). The monoisotopic (exact) mass is 343 g/mol. The molecule has 2 N–H and O–H groups in total. The minimum Gasteiger partial charge on any atom is -0.364 e. The lowest BCUT2D eigenvalue weighted by molar-refractivity contribution is -0.143. The molecular weight excluding hydrogens is 327 g/mol. The molecular formula is C12H17BrClF2NO. The summed E-state index contributed by atoms with van der Waals surface area (Å²) in [6.45, 7) is 8.00. The predicted octanol–water partition coefficient (Wildman–Crippen LogP) is 4.73. The van der Waals surface area contributed by atoms with Gasteiger partial charge in [-0.2, -0.15) is 8.78 Å². The van der Waals surface area contributed by atoms with Gasteiger partial charge in [-0.3, -0.25) is 4.79 Å². The van der Waals surface area contributed by atoms with Crippen molar-refractivity contribution in [1.82, 2.24) is 0 Å². The summed E-state index contributed by atoms with van der Waals surface area (Å²) in [6.07, 6.45) is 0. The Morgan fingerprint density at radius 2 is 1.72 bits per heavy atom. The van der Waals surface area contributed by atoms with Crippen LogP contribution in [0.4, 0.5) is 8.78 Å². The Kier molecular flexibility index (Phi) is 10.1. The van der Waals surface area contributed by atoms with Crippen LogP contribution >= 0.6 is 27.5 Å². The molecule has 2 nitrogen and oxygen atoms in total. The average molecular weight is 345 g/mol. The van der Waals surface area contributed by atoms with Crippen molar-refractivity contribution >= 4 is 33.4 Å². The number of rotatable bonds is 2. The van der Waals surface area contributed by atoms with Crippen LogP contribution < -0.4 is 5.73 Å². The molecule has 0 aliphatic rings. The first-order valence-corrected chi connectivity index (χ1v) is 6.66. The molecule has 0 aliphatic carbocycles. The molecule has 0 saturated heterocycles. The molecule has 0 bridgehead atoms. The molecule has 6 heteroatoms. The van der Waals surface area contributed by atoms with E-state index in [0.29, 0.717) is 4.47 Å². The summed E-state index contributed by atoms with van der Waals surface area (Å²) in [7, 11) is 0. The van der Waals surface area contributed by atoms with Crippen molar-refractivity contribution in [2.75, 3.05) is 0 Å². The van der Waals surface area contributed by atoms with Crippen molar-refractivity contribution in [1.29, 1.82) is 0 Å². The third kappa shape index (κ3) is 5.31. The number of primary amides is 1. The van der Waals surface area contributed by atoms with Crippen LogP contribution in [0.25, 0.3) is 0 Å². The maximum absolute atomic E-state index is 13.1. The van der Waals surface area contributed by atoms with Gasteiger partial charge < -0.3 is 5.73 Å². The topological polar surface area (TPSA) is 43.1 Å². The number of halogens is 4. The molecule has 0 fully saturated rings. The van der Waals surface area contributed by atoms with Gasteiger partial charge in [-0.1, -0.05) is 55.2 Å². The van der Waals surface area contributed by atoms with Crippen LogP contribution in [0, 0.1) is 0 Å². The largest absolute Gasteiger partial charge is 0.364 e. The summed E-state index contributed by atoms with van der Waals surface area (Å²) in [5.41, 5.74) is 3.96. The molecule has 0 spiro atoms. The van der Waals surface area contributed by atoms with Crippen molar-refractivity contribution in [2.24, 2.45) is 5.73 Å². The third-order valence-electron chi connectivity index (χ3n) is 1.58. The molecule has 0 aromatic heterocycles. The first-order chi connectivity index (χ1) is 8.35. The Hall–Kier alpha value is -0.680. The van der Waals surface area contributed by atoms with Gasteiger partial charge in [0.25, 0.3) is 5.91 Å². The van der Waals surface area contributed by atoms with Crippen LogP contribution in [-0.2, 0) is 10.7 Å². The first kappa shape index (κ1) is 19.7. The zero-order chi connectivity index (χ0) is 14.9. The van der Waals surface area contributed by atoms with Gasteiger partial charge in [-0.15, -0.1) is 0 Å². The Bertz CT molecular complexity index is 386. The van der Waals surface area contributed by atoms with Gasteiger partial charge in [0.2, 0.25) is 0 Å². The number of alkyl halides is 2. The Morgan fingerprint density at radius 3 is 2.06 bits per heavy atom. The molecule has 0 atom stereocenters. The van der Waals surface area contributed by atoms with E-state index in [4.69, 9.17) is 11.6 Å². The average Bonchev–Trinajstić information content (AvgIpc) is 2.33. The van der Waals surface area contributed by atoms with E-state index in [1.165, 1.54) is 12.1 Å². The summed E-state index contributed by atoms with van der Waals surface area (Å²) in [6, 6.07) is 3.68. The Labute approximate surface area is 120 Å². The van der Waals surface area contributed by atoms with Crippen LogP contribution in [0.1, 0.15) is 33.3 Å². The predicted molar refractivity (Wildman–Crippen MR) is 74.9 cm³/mol. The fraction of sp³-hybridized carbons (Fsp3) is 0.417. The molecule has 104 valence electrons. The standard InChI is InChI=1S/C8H5BrClF2NO.2C2H6/c9-4-1-2-5(6(10)3-4)8(11,12)7(13)14;2*1-2/h1-3H,(H2,13,14);2*1-2H3. The minimum atomic E-state index is -3.74. The lowest BCUT2D eigenvalue weighted by atomic mass is 10.1. The first-order valence-electron chi connectivity index (χ1n) is 5.49. The summed E-state index contributed by atoms with van der Waals surface area (Å²) < 4.78 is 26.7. The van der Waals surface area contributed by atoms with E-state index in [-0.39, 0.29) is 5.02 Å². The Balaban J connectivity index is 0. The summed E-state index contributed by atoms with van der Waals surface area (Å²) in [5.74, 6) is -5.46. The number of amides is 1. The normalized spacial score (nSPS) is 9.56. The fourth-order valence-electron chi connectivity index (χ4n) is 0.877. The van der Waals surface area contributed by atoms with Gasteiger partial charge in [-0.05, 0) is 18.2 Å². The van der Waals surface area contributed by atoms with Crippen molar-refractivity contribution < 1.29 is 13.6 Å². The second kappa shape index (κ2) is 9.28. The third-order valence-corrected chi connectivity index (χ3v) is 2.38. The summed E-state index contributed by atoms with van der Waals surface area (Å²) in [5, 5.41) is -0.205. The van der Waals surface area contributed by atoms with E-state index in [1.54, 1.807) is 0 Å². The smallest absolute Gasteiger partial charge is 0.350 e. The van der Waals surface area contributed by atoms with Crippen LogP contribution in [0.2, 0.25) is 5.02 Å². The van der Waals surface area contributed by atoms with E-state index in [0.717, 1.165) is 6.07 Å². The Morgan fingerprint density at radius 1 is 1.28 bits per heavy atom. The zero-order valence-electron chi connectivity index (χ0n) is 10.7. The van der Waals surface area contributed by atoms with Crippen molar-refractivity contribution in [3.8, 4) is 0 Å². The molecule has 0 unspecified atom stereocenters. The molecule has 1 amide bonds. The minimum absolute atomic E-state index is 0.205. The lowest BCUT2D eigenvalue weighted by Crippen LogP contribution is -2.33. The van der Waals surface area contributed by atoms with Crippen molar-refractivity contribution in [2.45, 2.75) is 33.6 Å². The lowest BCUT2D eigenvalue weighted by Gasteiger charge is -2.13. The highest BCUT2D eigenvalue weighted by Gasteiger charge is 2.40. The van der Waals surface area contributed by atoms with Gasteiger partial charge in [0, 0.05) is 10.0 Å². The molecule has 18 heavy (non-hydrogen) atoms. The number of carbonyl (C=O) groups excluding carboxylic acids is 1. The van der Waals surface area contributed by atoms with E-state index in [1.807, 2.05) is 27.7 Å². The number of carbonyl (C=O) groups is 1. The van der Waals surface area contributed by atoms with Crippen LogP contribution in [0.5, 0.6) is 0 Å². The van der Waals surface area contributed by atoms with E-state index < -0.39 is 17.4 Å². The van der Waals surface area contributed by atoms with Crippen LogP contribution in [0.3, 0.4) is 0 Å². The van der Waals surface area contributed by atoms with Crippen molar-refractivity contribution in [3.63, 3.8) is 0 Å². The highest BCUT2D eigenvalue weighted by atomic mass is 79.9. The van der Waals surface area contributed by atoms with Crippen molar-refractivity contribution in [3.05, 3.63) is 33.3 Å². The van der Waals surface area contributed by atoms with Gasteiger partial charge >= 0.3 is 5.92 Å². The van der Waals surface area contributed by atoms with Gasteiger partial charge in [-0.25, -0.2) is 0 Å². The number of benzene rings is 1. The second-order valence-electron chi connectivity index (χ2n) is 2.56. The van der Waals surface area contributed by atoms with E-state index >= 15 is 0 Å². The summed E-state index contributed by atoms with van der Waals surface area (Å²) in [4.78, 5) is 10.5. The second-order valence-corrected chi connectivity index (χ2v) is 3.89. The SMILES string of the molecule is CC.CC.NC(=O)C(F)(F)c1ccc(Br)cc1Cl. The van der Waals surface area contributed by atoms with Crippen LogP contribution in [-0.4, -0.2) is 5.91 Å². The summed E-state index contributed by atoms with van der Waals surface area (Å²) >= 11 is 8.59. The van der Waals surface area contributed by atoms with E-state index in [9.17, 15) is 13.6 Å². The van der Waals surface area contributed by atoms with E-state index in [2.05, 4.69) is 21.7 Å². The highest BCUT2D eigenvalue weighted by Crippen LogP contribution is 2.34. The molecule has 0 saturated carbocycles. The number of nitrogens with two attached hydrogens (primary N) is 1. The maximum Gasteiger partial charge on any atom is 0.350 e. The molecule has 0 radical (unpaired) electrons. The number of hydrogen-bond acceptors (Lipinski definition) is 1. The molecule has 1 aromatic carbocycles. The van der Waals surface area contributed by atoms with Crippen LogP contribution in [0.15, 0.2) is 22.7 Å². The maximum atomic E-state index is 13.1. The zero-order valence-corrected chi connectivity index (χ0v) is 13.1. The van der Waals surface area contributed by atoms with Gasteiger partial charge in [0.1, 0.15) is 0 Å². The van der Waals surface area contributed by atoms with Gasteiger partial charge in [0.05, 0.1) is 5.02 Å². The molecule has 1 aromatic rings. The fourth-order valence-corrected chi connectivity index (χ4v) is 1.67. The molecule has 0 aliphatic heterocycles. The quantitative estimate of drug-likeness (QED) is 0.828. The van der Waals surface area contributed by atoms with Gasteiger partial charge in [0.15, 0.2) is 0 Å².